The quantitative estimate of drug-likeness (QED) is 0.730. The molecule has 0 radical (unpaired) electrons. The van der Waals surface area contributed by atoms with Crippen molar-refractivity contribution in [3.63, 3.8) is 0 Å². The minimum atomic E-state index is 0.166. The molecule has 0 atom stereocenters. The molecule has 0 N–H and O–H groups in total. The van der Waals surface area contributed by atoms with Crippen molar-refractivity contribution in [2.75, 3.05) is 18.0 Å². The van der Waals surface area contributed by atoms with Crippen LogP contribution in [0.1, 0.15) is 24.2 Å². The molecule has 1 aliphatic rings. The van der Waals surface area contributed by atoms with Crippen LogP contribution in [-0.4, -0.2) is 43.7 Å². The van der Waals surface area contributed by atoms with Crippen molar-refractivity contribution in [1.82, 2.24) is 24.5 Å². The molecule has 1 aliphatic heterocycles. The molecule has 25 heavy (non-hydrogen) atoms. The highest BCUT2D eigenvalue weighted by Gasteiger charge is 2.24. The van der Waals surface area contributed by atoms with Crippen molar-refractivity contribution < 1.29 is 4.74 Å². The van der Waals surface area contributed by atoms with Gasteiger partial charge in [-0.1, -0.05) is 0 Å². The van der Waals surface area contributed by atoms with Crippen LogP contribution in [-0.2, 0) is 7.05 Å². The summed E-state index contributed by atoms with van der Waals surface area (Å²) in [4.78, 5) is 20.0. The lowest BCUT2D eigenvalue weighted by Crippen LogP contribution is -2.39. The molecule has 0 unspecified atom stereocenters. The summed E-state index contributed by atoms with van der Waals surface area (Å²) in [5.41, 5.74) is 2.69. The fourth-order valence-corrected chi connectivity index (χ4v) is 3.29. The Morgan fingerprint density at radius 1 is 1.12 bits per heavy atom. The Morgan fingerprint density at radius 2 is 1.92 bits per heavy atom. The van der Waals surface area contributed by atoms with Crippen LogP contribution in [0.25, 0.3) is 11.0 Å². The van der Waals surface area contributed by atoms with E-state index in [1.54, 1.807) is 12.5 Å². The summed E-state index contributed by atoms with van der Waals surface area (Å²) in [5, 5.41) is 1.10. The molecule has 4 heterocycles. The second-order valence-electron chi connectivity index (χ2n) is 6.57. The highest BCUT2D eigenvalue weighted by atomic mass is 16.5. The van der Waals surface area contributed by atoms with E-state index in [0.717, 1.165) is 54.2 Å². The monoisotopic (exact) mass is 338 g/mol. The van der Waals surface area contributed by atoms with Crippen LogP contribution >= 0.6 is 0 Å². The highest BCUT2D eigenvalue weighted by molar-refractivity contribution is 5.87. The van der Waals surface area contributed by atoms with E-state index in [2.05, 4.69) is 30.9 Å². The fourth-order valence-electron chi connectivity index (χ4n) is 3.29. The summed E-state index contributed by atoms with van der Waals surface area (Å²) in [7, 11) is 2.00. The van der Waals surface area contributed by atoms with E-state index in [9.17, 15) is 0 Å². The molecule has 0 saturated carbocycles. The molecule has 0 bridgehead atoms. The maximum atomic E-state index is 6.11. The largest absolute Gasteiger partial charge is 0.473 e. The predicted octanol–water partition coefficient (Wildman–Crippen LogP) is 2.42. The number of rotatable bonds is 3. The number of aromatic nitrogens is 5. The number of ether oxygens (including phenoxy) is 1. The Morgan fingerprint density at radius 3 is 2.72 bits per heavy atom. The number of nitrogens with zero attached hydrogens (tertiary/aromatic N) is 6. The fraction of sp³-hybridized carbons (Fsp3) is 0.444. The predicted molar refractivity (Wildman–Crippen MR) is 95.9 cm³/mol. The zero-order valence-electron chi connectivity index (χ0n) is 14.8. The first-order valence-electron chi connectivity index (χ1n) is 8.59. The topological polar surface area (TPSA) is 69.0 Å². The Labute approximate surface area is 146 Å². The highest BCUT2D eigenvalue weighted by Crippen LogP contribution is 2.27. The number of fused-ring (bicyclic) bond motifs is 1. The van der Waals surface area contributed by atoms with Crippen LogP contribution in [0.15, 0.2) is 24.8 Å². The minimum absolute atomic E-state index is 0.166. The van der Waals surface area contributed by atoms with Crippen LogP contribution in [0.4, 0.5) is 5.82 Å². The Balaban J connectivity index is 1.47. The van der Waals surface area contributed by atoms with Crippen LogP contribution in [0.3, 0.4) is 0 Å². The first kappa shape index (κ1) is 15.8. The lowest BCUT2D eigenvalue weighted by atomic mass is 10.1. The van der Waals surface area contributed by atoms with Gasteiger partial charge in [-0.25, -0.2) is 15.0 Å². The van der Waals surface area contributed by atoms with Gasteiger partial charge >= 0.3 is 0 Å². The summed E-state index contributed by atoms with van der Waals surface area (Å²) in [5.74, 6) is 1.67. The molecule has 7 nitrogen and oxygen atoms in total. The number of piperidine rings is 1. The van der Waals surface area contributed by atoms with Gasteiger partial charge in [-0.2, -0.15) is 0 Å². The molecule has 3 aromatic rings. The molecule has 0 amide bonds. The SMILES string of the molecule is Cc1cnc(C)c(OC2CCN(c3ncnc4c3ccn4C)CC2)n1. The van der Waals surface area contributed by atoms with Gasteiger partial charge in [-0.3, -0.25) is 4.98 Å². The molecular weight excluding hydrogens is 316 g/mol. The summed E-state index contributed by atoms with van der Waals surface area (Å²) in [6.07, 6.45) is 7.48. The molecule has 0 aromatic carbocycles. The van der Waals surface area contributed by atoms with Gasteiger partial charge in [0.15, 0.2) is 0 Å². The molecule has 1 saturated heterocycles. The molecule has 3 aromatic heterocycles. The van der Waals surface area contributed by atoms with Crippen LogP contribution in [0.5, 0.6) is 5.88 Å². The lowest BCUT2D eigenvalue weighted by molar-refractivity contribution is 0.161. The van der Waals surface area contributed by atoms with Crippen LogP contribution < -0.4 is 9.64 Å². The Hall–Kier alpha value is -2.70. The molecule has 0 aliphatic carbocycles. The van der Waals surface area contributed by atoms with Crippen molar-refractivity contribution >= 4 is 16.9 Å². The molecule has 4 rings (SSSR count). The third-order valence-corrected chi connectivity index (χ3v) is 4.69. The van der Waals surface area contributed by atoms with Crippen LogP contribution in [0, 0.1) is 13.8 Å². The standard InChI is InChI=1S/C18H22N6O/c1-12-10-19-13(2)18(22-12)25-14-4-8-24(9-5-14)17-15-6-7-23(3)16(15)20-11-21-17/h6-7,10-11,14H,4-5,8-9H2,1-3H3. The first-order chi connectivity index (χ1) is 12.1. The van der Waals surface area contributed by atoms with E-state index in [0.29, 0.717) is 5.88 Å². The number of hydrogen-bond donors (Lipinski definition) is 0. The maximum absolute atomic E-state index is 6.11. The van der Waals surface area contributed by atoms with E-state index < -0.39 is 0 Å². The van der Waals surface area contributed by atoms with Gasteiger partial charge in [0.05, 0.1) is 16.8 Å². The molecule has 0 spiro atoms. The van der Waals surface area contributed by atoms with E-state index in [4.69, 9.17) is 4.74 Å². The van der Waals surface area contributed by atoms with Gasteiger partial charge in [-0.05, 0) is 19.9 Å². The van der Waals surface area contributed by atoms with Crippen molar-refractivity contribution in [2.24, 2.45) is 7.05 Å². The molecular formula is C18H22N6O. The van der Waals surface area contributed by atoms with Gasteiger partial charge in [-0.15, -0.1) is 0 Å². The maximum Gasteiger partial charge on any atom is 0.235 e. The second-order valence-corrected chi connectivity index (χ2v) is 6.57. The van der Waals surface area contributed by atoms with Gasteiger partial charge in [0.25, 0.3) is 0 Å². The first-order valence-corrected chi connectivity index (χ1v) is 8.59. The van der Waals surface area contributed by atoms with Gasteiger partial charge in [0.1, 0.15) is 23.9 Å². The van der Waals surface area contributed by atoms with Crippen molar-refractivity contribution in [2.45, 2.75) is 32.8 Å². The summed E-state index contributed by atoms with van der Waals surface area (Å²) < 4.78 is 8.13. The van der Waals surface area contributed by atoms with Gasteiger partial charge in [0.2, 0.25) is 5.88 Å². The zero-order valence-corrected chi connectivity index (χ0v) is 14.8. The number of anilines is 1. The van der Waals surface area contributed by atoms with Crippen molar-refractivity contribution in [3.05, 3.63) is 36.2 Å². The van der Waals surface area contributed by atoms with Gasteiger partial charge in [0, 0.05) is 45.4 Å². The third-order valence-electron chi connectivity index (χ3n) is 4.69. The minimum Gasteiger partial charge on any atom is -0.473 e. The second kappa shape index (κ2) is 6.31. The third kappa shape index (κ3) is 3.01. The summed E-state index contributed by atoms with van der Waals surface area (Å²) in [6, 6.07) is 2.08. The van der Waals surface area contributed by atoms with E-state index in [1.165, 1.54) is 0 Å². The summed E-state index contributed by atoms with van der Waals surface area (Å²) >= 11 is 0. The summed E-state index contributed by atoms with van der Waals surface area (Å²) in [6.45, 7) is 5.68. The Kier molecular flexibility index (Phi) is 3.99. The average Bonchev–Trinajstić information content (AvgIpc) is 3.00. The van der Waals surface area contributed by atoms with Gasteiger partial charge < -0.3 is 14.2 Å². The lowest BCUT2D eigenvalue weighted by Gasteiger charge is -2.33. The molecule has 130 valence electrons. The number of aryl methyl sites for hydroxylation is 3. The van der Waals surface area contributed by atoms with Crippen molar-refractivity contribution in [3.8, 4) is 5.88 Å². The van der Waals surface area contributed by atoms with Crippen molar-refractivity contribution in [1.29, 1.82) is 0 Å². The Bertz CT molecular complexity index is 898. The zero-order chi connectivity index (χ0) is 17.4. The smallest absolute Gasteiger partial charge is 0.235 e. The molecule has 7 heteroatoms. The number of hydrogen-bond acceptors (Lipinski definition) is 6. The normalized spacial score (nSPS) is 15.7. The average molecular weight is 338 g/mol. The molecule has 1 fully saturated rings. The van der Waals surface area contributed by atoms with E-state index >= 15 is 0 Å². The van der Waals surface area contributed by atoms with E-state index in [-0.39, 0.29) is 6.10 Å². The van der Waals surface area contributed by atoms with Crippen LogP contribution in [0.2, 0.25) is 0 Å². The van der Waals surface area contributed by atoms with E-state index in [1.807, 2.05) is 31.7 Å².